The summed E-state index contributed by atoms with van der Waals surface area (Å²) in [7, 11) is 0. The molecule has 0 unspecified atom stereocenters. The smallest absolute Gasteiger partial charge is 0.240 e. The molecule has 1 aliphatic heterocycles. The van der Waals surface area contributed by atoms with Crippen LogP contribution in [0.1, 0.15) is 30.5 Å². The molecule has 0 saturated heterocycles. The maximum Gasteiger partial charge on any atom is 0.240 e. The molecule has 5 heteroatoms. The first-order chi connectivity index (χ1) is 10.2. The normalized spacial score (nSPS) is 17.7. The van der Waals surface area contributed by atoms with Gasteiger partial charge in [-0.1, -0.05) is 24.3 Å². The second-order valence-electron chi connectivity index (χ2n) is 4.93. The van der Waals surface area contributed by atoms with E-state index in [1.807, 2.05) is 24.3 Å². The van der Waals surface area contributed by atoms with Gasteiger partial charge in [0.2, 0.25) is 5.91 Å². The summed E-state index contributed by atoms with van der Waals surface area (Å²) in [6.07, 6.45) is 3.98. The molecule has 5 nitrogen and oxygen atoms in total. The second kappa shape index (κ2) is 5.36. The van der Waals surface area contributed by atoms with E-state index in [0.717, 1.165) is 11.3 Å². The minimum atomic E-state index is -0.279. The van der Waals surface area contributed by atoms with E-state index in [-0.39, 0.29) is 17.7 Å². The van der Waals surface area contributed by atoms with Crippen molar-refractivity contribution in [1.82, 2.24) is 9.99 Å². The number of para-hydroxylation sites is 1. The van der Waals surface area contributed by atoms with Crippen molar-refractivity contribution in [1.29, 1.82) is 0 Å². The summed E-state index contributed by atoms with van der Waals surface area (Å²) in [5, 5.41) is 15.9. The van der Waals surface area contributed by atoms with Crippen molar-refractivity contribution in [3.63, 3.8) is 0 Å². The van der Waals surface area contributed by atoms with Crippen LogP contribution in [0.4, 0.5) is 0 Å². The largest absolute Gasteiger partial charge is 0.508 e. The Labute approximate surface area is 122 Å². The minimum Gasteiger partial charge on any atom is -0.508 e. The fourth-order valence-electron chi connectivity index (χ4n) is 2.52. The van der Waals surface area contributed by atoms with Gasteiger partial charge in [-0.25, -0.2) is 5.01 Å². The van der Waals surface area contributed by atoms with E-state index in [9.17, 15) is 9.90 Å². The van der Waals surface area contributed by atoms with Gasteiger partial charge < -0.3 is 5.11 Å². The van der Waals surface area contributed by atoms with Crippen molar-refractivity contribution >= 4 is 11.6 Å². The third kappa shape index (κ3) is 2.50. The molecule has 0 bridgehead atoms. The zero-order valence-electron chi connectivity index (χ0n) is 11.6. The summed E-state index contributed by atoms with van der Waals surface area (Å²) in [5.41, 5.74) is 2.39. The highest BCUT2D eigenvalue weighted by Gasteiger charge is 2.32. The van der Waals surface area contributed by atoms with Crippen LogP contribution in [0.3, 0.4) is 0 Å². The van der Waals surface area contributed by atoms with Crippen molar-refractivity contribution in [3.05, 3.63) is 59.9 Å². The van der Waals surface area contributed by atoms with Crippen LogP contribution in [0.15, 0.2) is 53.9 Å². The lowest BCUT2D eigenvalue weighted by molar-refractivity contribution is -0.130. The van der Waals surface area contributed by atoms with Gasteiger partial charge in [0.15, 0.2) is 0 Å². The van der Waals surface area contributed by atoms with Crippen molar-refractivity contribution in [2.75, 3.05) is 0 Å². The van der Waals surface area contributed by atoms with Gasteiger partial charge in [0.05, 0.1) is 11.8 Å². The Morgan fingerprint density at radius 2 is 2.10 bits per heavy atom. The summed E-state index contributed by atoms with van der Waals surface area (Å²) in [4.78, 5) is 15.9. The van der Waals surface area contributed by atoms with Crippen molar-refractivity contribution in [2.45, 2.75) is 19.4 Å². The van der Waals surface area contributed by atoms with Crippen LogP contribution in [-0.4, -0.2) is 26.7 Å². The van der Waals surface area contributed by atoms with Gasteiger partial charge in [-0.15, -0.1) is 0 Å². The van der Waals surface area contributed by atoms with E-state index in [1.54, 1.807) is 24.5 Å². The van der Waals surface area contributed by atoms with Crippen molar-refractivity contribution in [2.24, 2.45) is 5.10 Å². The molecule has 0 aliphatic carbocycles. The number of phenolic OH excluding ortho intramolecular Hbond substituents is 1. The molecule has 1 aliphatic rings. The quantitative estimate of drug-likeness (QED) is 0.919. The lowest BCUT2D eigenvalue weighted by atomic mass is 9.98. The van der Waals surface area contributed by atoms with Gasteiger partial charge in [-0.2, -0.15) is 5.10 Å². The molecule has 1 aromatic heterocycles. The number of rotatable bonds is 2. The van der Waals surface area contributed by atoms with Crippen LogP contribution in [0.25, 0.3) is 0 Å². The summed E-state index contributed by atoms with van der Waals surface area (Å²) in [6.45, 7) is 1.47. The third-order valence-corrected chi connectivity index (χ3v) is 3.52. The third-order valence-electron chi connectivity index (χ3n) is 3.52. The molecule has 106 valence electrons. The number of hydrogen-bond acceptors (Lipinski definition) is 4. The lowest BCUT2D eigenvalue weighted by Crippen LogP contribution is -2.24. The average molecular weight is 281 g/mol. The van der Waals surface area contributed by atoms with Crippen LogP contribution in [0.5, 0.6) is 5.75 Å². The highest BCUT2D eigenvalue weighted by atomic mass is 16.3. The number of hydrogen-bond donors (Lipinski definition) is 1. The van der Waals surface area contributed by atoms with E-state index in [4.69, 9.17) is 0 Å². The molecule has 21 heavy (non-hydrogen) atoms. The SMILES string of the molecule is CC(=O)N1N=C(c2cccnc2)C[C@H]1c1ccccc1O. The molecule has 0 spiro atoms. The Bertz CT molecular complexity index is 698. The van der Waals surface area contributed by atoms with E-state index >= 15 is 0 Å². The highest BCUT2D eigenvalue weighted by Crippen LogP contribution is 2.36. The fourth-order valence-corrected chi connectivity index (χ4v) is 2.52. The molecule has 3 rings (SSSR count). The molecule has 1 aromatic carbocycles. The Kier molecular flexibility index (Phi) is 3.39. The number of amides is 1. The minimum absolute atomic E-state index is 0.151. The summed E-state index contributed by atoms with van der Waals surface area (Å²) < 4.78 is 0. The van der Waals surface area contributed by atoms with Crippen LogP contribution in [0, 0.1) is 0 Å². The zero-order chi connectivity index (χ0) is 14.8. The number of benzene rings is 1. The molecular formula is C16H15N3O2. The van der Waals surface area contributed by atoms with Crippen LogP contribution >= 0.6 is 0 Å². The predicted molar refractivity (Wildman–Crippen MR) is 78.8 cm³/mol. The monoisotopic (exact) mass is 281 g/mol. The Balaban J connectivity index is 1.98. The molecule has 2 aromatic rings. The second-order valence-corrected chi connectivity index (χ2v) is 4.93. The van der Waals surface area contributed by atoms with E-state index in [0.29, 0.717) is 12.0 Å². The molecule has 0 fully saturated rings. The topological polar surface area (TPSA) is 65.8 Å². The first kappa shape index (κ1) is 13.3. The molecule has 1 atom stereocenters. The number of pyridine rings is 1. The Morgan fingerprint density at radius 3 is 2.76 bits per heavy atom. The van der Waals surface area contributed by atoms with Gasteiger partial charge in [0.1, 0.15) is 5.75 Å². The maximum atomic E-state index is 11.8. The van der Waals surface area contributed by atoms with Crippen molar-refractivity contribution < 1.29 is 9.90 Å². The van der Waals surface area contributed by atoms with Crippen LogP contribution in [0.2, 0.25) is 0 Å². The highest BCUT2D eigenvalue weighted by molar-refractivity contribution is 6.02. The number of aromatic nitrogens is 1. The van der Waals surface area contributed by atoms with Crippen LogP contribution < -0.4 is 0 Å². The first-order valence-corrected chi connectivity index (χ1v) is 6.72. The predicted octanol–water partition coefficient (Wildman–Crippen LogP) is 2.48. The van der Waals surface area contributed by atoms with Crippen LogP contribution in [-0.2, 0) is 4.79 Å². The Hall–Kier alpha value is -2.69. The molecule has 0 saturated carbocycles. The number of nitrogens with zero attached hydrogens (tertiary/aromatic N) is 3. The molecule has 1 N–H and O–H groups in total. The van der Waals surface area contributed by atoms with Crippen molar-refractivity contribution in [3.8, 4) is 5.75 Å². The van der Waals surface area contributed by atoms with Gasteiger partial charge >= 0.3 is 0 Å². The molecule has 2 heterocycles. The molecular weight excluding hydrogens is 266 g/mol. The van der Waals surface area contributed by atoms with Gasteiger partial charge in [-0.05, 0) is 12.1 Å². The first-order valence-electron chi connectivity index (χ1n) is 6.72. The number of phenols is 1. The zero-order valence-corrected chi connectivity index (χ0v) is 11.6. The molecule has 0 radical (unpaired) electrons. The van der Waals surface area contributed by atoms with E-state index < -0.39 is 0 Å². The average Bonchev–Trinajstić information content (AvgIpc) is 2.94. The molecule has 1 amide bonds. The van der Waals surface area contributed by atoms with E-state index in [1.165, 1.54) is 11.9 Å². The fraction of sp³-hybridized carbons (Fsp3) is 0.188. The summed E-state index contributed by atoms with van der Waals surface area (Å²) in [5.74, 6) is 0.0264. The van der Waals surface area contributed by atoms with E-state index in [2.05, 4.69) is 10.1 Å². The van der Waals surface area contributed by atoms with Gasteiger partial charge in [0, 0.05) is 36.9 Å². The summed E-state index contributed by atoms with van der Waals surface area (Å²) >= 11 is 0. The number of carbonyl (C=O) groups excluding carboxylic acids is 1. The number of aromatic hydroxyl groups is 1. The maximum absolute atomic E-state index is 11.8. The number of carbonyl (C=O) groups is 1. The van der Waals surface area contributed by atoms with Gasteiger partial charge in [-0.3, -0.25) is 9.78 Å². The van der Waals surface area contributed by atoms with Gasteiger partial charge in [0.25, 0.3) is 0 Å². The summed E-state index contributed by atoms with van der Waals surface area (Å²) in [6, 6.07) is 10.5. The number of hydrazone groups is 1. The lowest BCUT2D eigenvalue weighted by Gasteiger charge is -2.21. The Morgan fingerprint density at radius 1 is 1.29 bits per heavy atom. The standard InChI is InChI=1S/C16H15N3O2/c1-11(20)19-15(13-6-2-3-7-16(13)21)9-14(18-19)12-5-4-8-17-10-12/h2-8,10,15,21H,9H2,1H3/t15-/m0/s1.